The first-order chi connectivity index (χ1) is 9.49. The van der Waals surface area contributed by atoms with Gasteiger partial charge in [0.05, 0.1) is 5.92 Å². The predicted octanol–water partition coefficient (Wildman–Crippen LogP) is 1.10. The summed E-state index contributed by atoms with van der Waals surface area (Å²) in [5.74, 6) is -0.895. The molecule has 0 aromatic carbocycles. The third-order valence-corrected chi connectivity index (χ3v) is 4.21. The zero-order chi connectivity index (χ0) is 15.0. The van der Waals surface area contributed by atoms with Gasteiger partial charge in [-0.05, 0) is 26.8 Å². The zero-order valence-electron chi connectivity index (χ0n) is 13.3. The summed E-state index contributed by atoms with van der Waals surface area (Å²) in [6.07, 6.45) is 2.82. The number of carboxylic acid groups (broad SMARTS) is 1. The number of nitrogens with zero attached hydrogens (tertiary/aromatic N) is 2. The Balaban J connectivity index is 2.00. The minimum Gasteiger partial charge on any atom is -0.481 e. The Kier molecular flexibility index (Phi) is 8.11. The van der Waals surface area contributed by atoms with Gasteiger partial charge < -0.3 is 15.3 Å². The molecule has 0 spiro atoms. The van der Waals surface area contributed by atoms with Gasteiger partial charge in [0, 0.05) is 45.3 Å². The lowest BCUT2D eigenvalue weighted by atomic mass is 10.0. The fourth-order valence-corrected chi connectivity index (χ4v) is 2.50. The molecule has 0 aromatic rings. The number of rotatable bonds is 9. The number of piperazine rings is 1. The third-order valence-electron chi connectivity index (χ3n) is 4.21. The molecule has 0 amide bonds. The van der Waals surface area contributed by atoms with Crippen LogP contribution in [0.3, 0.4) is 0 Å². The molecule has 1 fully saturated rings. The Labute approximate surface area is 123 Å². The van der Waals surface area contributed by atoms with Gasteiger partial charge in [0.25, 0.3) is 0 Å². The summed E-state index contributed by atoms with van der Waals surface area (Å²) in [4.78, 5) is 15.6. The summed E-state index contributed by atoms with van der Waals surface area (Å²) in [7, 11) is 2.18. The van der Waals surface area contributed by atoms with E-state index in [1.807, 2.05) is 0 Å². The van der Waals surface area contributed by atoms with Crippen molar-refractivity contribution in [1.29, 1.82) is 0 Å². The molecular formula is C15H31N3O2. The normalized spacial score (nSPS) is 20.8. The smallest absolute Gasteiger partial charge is 0.306 e. The number of carboxylic acids is 1. The maximum atomic E-state index is 10.7. The molecule has 0 aromatic heterocycles. The first kappa shape index (κ1) is 17.4. The van der Waals surface area contributed by atoms with Gasteiger partial charge in [0.2, 0.25) is 0 Å². The maximum absolute atomic E-state index is 10.7. The van der Waals surface area contributed by atoms with E-state index in [4.69, 9.17) is 5.11 Å². The summed E-state index contributed by atoms with van der Waals surface area (Å²) < 4.78 is 0. The Morgan fingerprint density at radius 2 is 1.85 bits per heavy atom. The van der Waals surface area contributed by atoms with Crippen molar-refractivity contribution >= 4 is 5.97 Å². The van der Waals surface area contributed by atoms with Crippen LogP contribution in [-0.2, 0) is 4.79 Å². The zero-order valence-corrected chi connectivity index (χ0v) is 13.3. The highest BCUT2D eigenvalue weighted by Crippen LogP contribution is 2.09. The molecule has 2 N–H and O–H groups in total. The lowest BCUT2D eigenvalue weighted by Gasteiger charge is -2.32. The maximum Gasteiger partial charge on any atom is 0.306 e. The number of aliphatic carboxylic acids is 1. The Hall–Kier alpha value is -0.650. The van der Waals surface area contributed by atoms with Crippen LogP contribution in [-0.4, -0.2) is 73.2 Å². The molecule has 118 valence electrons. The second kappa shape index (κ2) is 9.32. The van der Waals surface area contributed by atoms with Crippen molar-refractivity contribution in [2.75, 3.05) is 46.3 Å². The number of hydrogen-bond donors (Lipinski definition) is 2. The highest BCUT2D eigenvalue weighted by atomic mass is 16.4. The molecule has 1 rings (SSSR count). The van der Waals surface area contributed by atoms with Crippen LogP contribution in [0.2, 0.25) is 0 Å². The van der Waals surface area contributed by atoms with Gasteiger partial charge in [-0.15, -0.1) is 0 Å². The van der Waals surface area contributed by atoms with Crippen LogP contribution in [0.25, 0.3) is 0 Å². The molecule has 0 aliphatic carbocycles. The molecule has 0 bridgehead atoms. The average Bonchev–Trinajstić information content (AvgIpc) is 2.40. The fourth-order valence-electron chi connectivity index (χ4n) is 2.50. The molecule has 0 saturated carbocycles. The van der Waals surface area contributed by atoms with E-state index >= 15 is 0 Å². The van der Waals surface area contributed by atoms with Gasteiger partial charge >= 0.3 is 5.97 Å². The third kappa shape index (κ3) is 7.22. The van der Waals surface area contributed by atoms with Crippen molar-refractivity contribution in [2.24, 2.45) is 5.92 Å². The number of nitrogens with one attached hydrogen (secondary N) is 1. The predicted molar refractivity (Wildman–Crippen MR) is 82.1 cm³/mol. The molecule has 5 nitrogen and oxygen atoms in total. The van der Waals surface area contributed by atoms with Crippen LogP contribution in [0.5, 0.6) is 0 Å². The monoisotopic (exact) mass is 285 g/mol. The SMILES string of the molecule is CC(CCCC(C)C(=O)O)NCCN1CCN(C)CC1. The van der Waals surface area contributed by atoms with Crippen LogP contribution < -0.4 is 5.32 Å². The molecule has 1 heterocycles. The molecule has 5 heteroatoms. The molecule has 1 aliphatic heterocycles. The number of carbonyl (C=O) groups is 1. The van der Waals surface area contributed by atoms with E-state index in [9.17, 15) is 4.79 Å². The lowest BCUT2D eigenvalue weighted by Crippen LogP contribution is -2.47. The van der Waals surface area contributed by atoms with E-state index in [1.165, 1.54) is 26.2 Å². The molecule has 2 unspecified atom stereocenters. The minimum atomic E-state index is -0.680. The molecular weight excluding hydrogens is 254 g/mol. The standard InChI is InChI=1S/C15H31N3O2/c1-13(15(19)20)5-4-6-14(2)16-7-8-18-11-9-17(3)10-12-18/h13-14,16H,4-12H2,1-3H3,(H,19,20). The fraction of sp³-hybridized carbons (Fsp3) is 0.933. The van der Waals surface area contributed by atoms with E-state index < -0.39 is 5.97 Å². The van der Waals surface area contributed by atoms with Crippen LogP contribution in [0.15, 0.2) is 0 Å². The van der Waals surface area contributed by atoms with Gasteiger partial charge in [-0.25, -0.2) is 0 Å². The number of hydrogen-bond acceptors (Lipinski definition) is 4. The van der Waals surface area contributed by atoms with Crippen LogP contribution in [0, 0.1) is 5.92 Å². The van der Waals surface area contributed by atoms with E-state index in [2.05, 4.69) is 29.1 Å². The first-order valence-corrected chi connectivity index (χ1v) is 7.86. The van der Waals surface area contributed by atoms with E-state index in [0.717, 1.165) is 32.4 Å². The highest BCUT2D eigenvalue weighted by molar-refractivity contribution is 5.69. The average molecular weight is 285 g/mol. The second-order valence-electron chi connectivity index (χ2n) is 6.17. The quantitative estimate of drug-likeness (QED) is 0.664. The molecule has 0 radical (unpaired) electrons. The Morgan fingerprint density at radius 1 is 1.20 bits per heavy atom. The summed E-state index contributed by atoms with van der Waals surface area (Å²) in [5, 5.41) is 12.4. The molecule has 20 heavy (non-hydrogen) atoms. The van der Waals surface area contributed by atoms with Crippen molar-refractivity contribution in [1.82, 2.24) is 15.1 Å². The van der Waals surface area contributed by atoms with Crippen LogP contribution in [0.1, 0.15) is 33.1 Å². The topological polar surface area (TPSA) is 55.8 Å². The van der Waals surface area contributed by atoms with Crippen LogP contribution in [0.4, 0.5) is 0 Å². The van der Waals surface area contributed by atoms with Gasteiger partial charge in [0.15, 0.2) is 0 Å². The number of likely N-dealkylation sites (N-methyl/N-ethyl adjacent to an activating group) is 1. The largest absolute Gasteiger partial charge is 0.481 e. The molecule has 1 saturated heterocycles. The summed E-state index contributed by atoms with van der Waals surface area (Å²) >= 11 is 0. The van der Waals surface area contributed by atoms with Crippen molar-refractivity contribution < 1.29 is 9.90 Å². The van der Waals surface area contributed by atoms with E-state index in [-0.39, 0.29) is 5.92 Å². The highest BCUT2D eigenvalue weighted by Gasteiger charge is 2.14. The Morgan fingerprint density at radius 3 is 2.45 bits per heavy atom. The van der Waals surface area contributed by atoms with E-state index in [1.54, 1.807) is 6.92 Å². The first-order valence-electron chi connectivity index (χ1n) is 7.86. The van der Waals surface area contributed by atoms with Crippen molar-refractivity contribution in [3.8, 4) is 0 Å². The van der Waals surface area contributed by atoms with Crippen LogP contribution >= 0.6 is 0 Å². The van der Waals surface area contributed by atoms with E-state index in [0.29, 0.717) is 6.04 Å². The van der Waals surface area contributed by atoms with Crippen molar-refractivity contribution in [2.45, 2.75) is 39.2 Å². The second-order valence-corrected chi connectivity index (χ2v) is 6.17. The summed E-state index contributed by atoms with van der Waals surface area (Å²) in [5.41, 5.74) is 0. The minimum absolute atomic E-state index is 0.215. The molecule has 1 aliphatic rings. The van der Waals surface area contributed by atoms with Crippen molar-refractivity contribution in [3.05, 3.63) is 0 Å². The van der Waals surface area contributed by atoms with Crippen molar-refractivity contribution in [3.63, 3.8) is 0 Å². The van der Waals surface area contributed by atoms with Gasteiger partial charge in [-0.1, -0.05) is 13.3 Å². The van der Waals surface area contributed by atoms with Gasteiger partial charge in [-0.2, -0.15) is 0 Å². The lowest BCUT2D eigenvalue weighted by molar-refractivity contribution is -0.141. The summed E-state index contributed by atoms with van der Waals surface area (Å²) in [6.45, 7) is 10.8. The molecule has 2 atom stereocenters. The van der Waals surface area contributed by atoms with Gasteiger partial charge in [-0.3, -0.25) is 9.69 Å². The summed E-state index contributed by atoms with van der Waals surface area (Å²) in [6, 6.07) is 0.475. The van der Waals surface area contributed by atoms with Gasteiger partial charge in [0.1, 0.15) is 0 Å². The Bertz CT molecular complexity index is 278.